The Morgan fingerprint density at radius 2 is 2.08 bits per heavy atom. The monoisotopic (exact) mass is 165 g/mol. The molecule has 0 fully saturated rings. The van der Waals surface area contributed by atoms with Crippen molar-refractivity contribution in [3.63, 3.8) is 0 Å². The van der Waals surface area contributed by atoms with Gasteiger partial charge in [0.05, 0.1) is 0 Å². The van der Waals surface area contributed by atoms with Crippen LogP contribution < -0.4 is 5.32 Å². The van der Waals surface area contributed by atoms with Crippen LogP contribution in [0.2, 0.25) is 0 Å². The highest BCUT2D eigenvalue weighted by Gasteiger charge is 2.24. The van der Waals surface area contributed by atoms with Crippen LogP contribution in [-0.4, -0.2) is 6.04 Å². The summed E-state index contributed by atoms with van der Waals surface area (Å²) in [7, 11) is 0. The van der Waals surface area contributed by atoms with Gasteiger partial charge < -0.3 is 5.32 Å². The number of anilines is 1. The first kappa shape index (κ1) is 7.59. The molecule has 0 aromatic heterocycles. The second-order valence-electron chi connectivity index (χ2n) is 3.45. The summed E-state index contributed by atoms with van der Waals surface area (Å²) >= 11 is 0. The molecule has 64 valence electrons. The first-order valence-corrected chi connectivity index (χ1v) is 4.24. The Balaban J connectivity index is 2.48. The van der Waals surface area contributed by atoms with Gasteiger partial charge in [0.25, 0.3) is 0 Å². The van der Waals surface area contributed by atoms with Crippen LogP contribution in [0.1, 0.15) is 25.3 Å². The maximum Gasteiger partial charge on any atom is 0.123 e. The molecule has 0 aliphatic carbocycles. The Bertz CT molecular complexity index is 309. The summed E-state index contributed by atoms with van der Waals surface area (Å²) in [6.07, 6.45) is 0. The standard InChI is InChI=1S/C10H12FN/c1-6-7(2)12-10-4-3-8(11)5-9(6)10/h3-7,12H,1-2H3/t6-,7?/m1/s1. The van der Waals surface area contributed by atoms with Gasteiger partial charge in [0, 0.05) is 17.6 Å². The molecule has 0 radical (unpaired) electrons. The van der Waals surface area contributed by atoms with E-state index in [4.69, 9.17) is 0 Å². The number of halogens is 1. The molecule has 1 nitrogen and oxygen atoms in total. The maximum absolute atomic E-state index is 12.8. The third-order valence-electron chi connectivity index (χ3n) is 2.64. The summed E-state index contributed by atoms with van der Waals surface area (Å²) in [5.41, 5.74) is 2.18. The molecular formula is C10H12FN. The molecule has 0 amide bonds. The molecule has 1 aromatic carbocycles. The van der Waals surface area contributed by atoms with Gasteiger partial charge in [0.1, 0.15) is 5.82 Å². The second kappa shape index (κ2) is 2.47. The number of hydrogen-bond acceptors (Lipinski definition) is 1. The third-order valence-corrected chi connectivity index (χ3v) is 2.64. The molecule has 0 bridgehead atoms. The Kier molecular flexibility index (Phi) is 1.56. The minimum absolute atomic E-state index is 0.142. The van der Waals surface area contributed by atoms with Crippen LogP contribution in [0, 0.1) is 5.82 Å². The fourth-order valence-electron chi connectivity index (χ4n) is 1.68. The van der Waals surface area contributed by atoms with Gasteiger partial charge in [-0.05, 0) is 30.7 Å². The number of nitrogens with one attached hydrogen (secondary N) is 1. The van der Waals surface area contributed by atoms with Crippen molar-refractivity contribution in [3.8, 4) is 0 Å². The van der Waals surface area contributed by atoms with Crippen LogP contribution in [0.3, 0.4) is 0 Å². The average molecular weight is 165 g/mol. The SMILES string of the molecule is CC1Nc2ccc(F)cc2[C@@H]1C. The van der Waals surface area contributed by atoms with E-state index in [2.05, 4.69) is 19.2 Å². The summed E-state index contributed by atoms with van der Waals surface area (Å²) in [4.78, 5) is 0. The molecule has 1 unspecified atom stereocenters. The first-order chi connectivity index (χ1) is 5.68. The van der Waals surface area contributed by atoms with E-state index in [1.807, 2.05) is 6.07 Å². The Morgan fingerprint density at radius 3 is 2.83 bits per heavy atom. The van der Waals surface area contributed by atoms with Crippen molar-refractivity contribution in [3.05, 3.63) is 29.6 Å². The second-order valence-corrected chi connectivity index (χ2v) is 3.45. The van der Waals surface area contributed by atoms with Crippen molar-refractivity contribution < 1.29 is 4.39 Å². The summed E-state index contributed by atoms with van der Waals surface area (Å²) in [6, 6.07) is 5.35. The number of benzene rings is 1. The highest BCUT2D eigenvalue weighted by atomic mass is 19.1. The molecular weight excluding hydrogens is 153 g/mol. The molecule has 2 rings (SSSR count). The fraction of sp³-hybridized carbons (Fsp3) is 0.400. The minimum Gasteiger partial charge on any atom is -0.382 e. The van der Waals surface area contributed by atoms with Gasteiger partial charge in [0.2, 0.25) is 0 Å². The molecule has 0 saturated heterocycles. The van der Waals surface area contributed by atoms with E-state index in [9.17, 15) is 4.39 Å². The van der Waals surface area contributed by atoms with Crippen LogP contribution in [0.5, 0.6) is 0 Å². The molecule has 1 heterocycles. The smallest absolute Gasteiger partial charge is 0.123 e. The normalized spacial score (nSPS) is 26.6. The van der Waals surface area contributed by atoms with Crippen LogP contribution in [0.15, 0.2) is 18.2 Å². The van der Waals surface area contributed by atoms with E-state index in [1.165, 1.54) is 6.07 Å². The summed E-state index contributed by atoms with van der Waals surface area (Å²) in [5.74, 6) is 0.271. The minimum atomic E-state index is -0.142. The lowest BCUT2D eigenvalue weighted by Crippen LogP contribution is -2.12. The van der Waals surface area contributed by atoms with Gasteiger partial charge in [-0.15, -0.1) is 0 Å². The molecule has 1 N–H and O–H groups in total. The van der Waals surface area contributed by atoms with Crippen molar-refractivity contribution >= 4 is 5.69 Å². The molecule has 12 heavy (non-hydrogen) atoms. The van der Waals surface area contributed by atoms with Gasteiger partial charge in [-0.3, -0.25) is 0 Å². The summed E-state index contributed by atoms with van der Waals surface area (Å²) < 4.78 is 12.8. The topological polar surface area (TPSA) is 12.0 Å². The lowest BCUT2D eigenvalue weighted by Gasteiger charge is -2.08. The average Bonchev–Trinajstić information content (AvgIpc) is 2.31. The molecule has 1 aliphatic rings. The fourth-order valence-corrected chi connectivity index (χ4v) is 1.68. The van der Waals surface area contributed by atoms with Gasteiger partial charge in [-0.25, -0.2) is 4.39 Å². The predicted octanol–water partition coefficient (Wildman–Crippen LogP) is 2.74. The van der Waals surface area contributed by atoms with E-state index in [0.717, 1.165) is 11.3 Å². The van der Waals surface area contributed by atoms with Gasteiger partial charge in [0.15, 0.2) is 0 Å². The number of hydrogen-bond donors (Lipinski definition) is 1. The van der Waals surface area contributed by atoms with Gasteiger partial charge in [-0.2, -0.15) is 0 Å². The largest absolute Gasteiger partial charge is 0.382 e. The predicted molar refractivity (Wildman–Crippen MR) is 47.9 cm³/mol. The van der Waals surface area contributed by atoms with Crippen molar-refractivity contribution in [2.75, 3.05) is 5.32 Å². The molecule has 1 aliphatic heterocycles. The lowest BCUT2D eigenvalue weighted by molar-refractivity contribution is 0.621. The van der Waals surface area contributed by atoms with Crippen molar-refractivity contribution in [2.24, 2.45) is 0 Å². The van der Waals surface area contributed by atoms with Crippen molar-refractivity contribution in [1.82, 2.24) is 0 Å². The number of fused-ring (bicyclic) bond motifs is 1. The van der Waals surface area contributed by atoms with E-state index in [0.29, 0.717) is 12.0 Å². The van der Waals surface area contributed by atoms with Crippen molar-refractivity contribution in [1.29, 1.82) is 0 Å². The van der Waals surface area contributed by atoms with Gasteiger partial charge >= 0.3 is 0 Å². The quantitative estimate of drug-likeness (QED) is 0.623. The molecule has 0 saturated carbocycles. The Labute approximate surface area is 71.6 Å². The highest BCUT2D eigenvalue weighted by molar-refractivity contribution is 5.58. The van der Waals surface area contributed by atoms with E-state index >= 15 is 0 Å². The highest BCUT2D eigenvalue weighted by Crippen LogP contribution is 2.35. The number of rotatable bonds is 0. The maximum atomic E-state index is 12.8. The molecule has 0 spiro atoms. The van der Waals surface area contributed by atoms with E-state index < -0.39 is 0 Å². The first-order valence-electron chi connectivity index (χ1n) is 4.24. The van der Waals surface area contributed by atoms with Crippen LogP contribution in [-0.2, 0) is 0 Å². The summed E-state index contributed by atoms with van der Waals surface area (Å²) in [6.45, 7) is 4.23. The molecule has 2 atom stereocenters. The zero-order valence-corrected chi connectivity index (χ0v) is 7.26. The lowest BCUT2D eigenvalue weighted by atomic mass is 9.98. The van der Waals surface area contributed by atoms with Crippen molar-refractivity contribution in [2.45, 2.75) is 25.8 Å². The third kappa shape index (κ3) is 0.986. The Hall–Kier alpha value is -1.05. The van der Waals surface area contributed by atoms with E-state index in [1.54, 1.807) is 6.07 Å². The zero-order valence-electron chi connectivity index (χ0n) is 7.26. The van der Waals surface area contributed by atoms with Crippen LogP contribution in [0.25, 0.3) is 0 Å². The van der Waals surface area contributed by atoms with Crippen LogP contribution in [0.4, 0.5) is 10.1 Å². The van der Waals surface area contributed by atoms with Gasteiger partial charge in [-0.1, -0.05) is 6.92 Å². The zero-order chi connectivity index (χ0) is 8.72. The van der Waals surface area contributed by atoms with Crippen LogP contribution >= 0.6 is 0 Å². The Morgan fingerprint density at radius 1 is 1.33 bits per heavy atom. The molecule has 2 heteroatoms. The summed E-state index contributed by atoms with van der Waals surface area (Å²) in [5, 5.41) is 3.31. The van der Waals surface area contributed by atoms with E-state index in [-0.39, 0.29) is 5.82 Å². The molecule has 1 aromatic rings.